The number of nitrogens with one attached hydrogen (secondary N) is 2. The second kappa shape index (κ2) is 26.7. The van der Waals surface area contributed by atoms with Crippen molar-refractivity contribution in [2.45, 2.75) is 193 Å². The predicted molar refractivity (Wildman–Crippen MR) is 264 cm³/mol. The third kappa shape index (κ3) is 16.2. The maximum absolute atomic E-state index is 14.0. The van der Waals surface area contributed by atoms with E-state index in [9.17, 15) is 34.8 Å². The zero-order valence-electron chi connectivity index (χ0n) is 43.7. The van der Waals surface area contributed by atoms with Crippen LogP contribution >= 0.6 is 0 Å². The average Bonchev–Trinajstić information content (AvgIpc) is 4.10. The van der Waals surface area contributed by atoms with Crippen molar-refractivity contribution in [3.63, 3.8) is 0 Å². The molecule has 400 valence electrons. The van der Waals surface area contributed by atoms with Crippen molar-refractivity contribution in [2.75, 3.05) is 14.2 Å². The number of cyclic esters (lactones) is 1. The van der Waals surface area contributed by atoms with E-state index in [-0.39, 0.29) is 36.9 Å². The minimum atomic E-state index is -2.03. The van der Waals surface area contributed by atoms with Crippen molar-refractivity contribution >= 4 is 18.0 Å². The first-order valence-electron chi connectivity index (χ1n) is 25.0. The van der Waals surface area contributed by atoms with Gasteiger partial charge >= 0.3 is 18.0 Å². The molecule has 71 heavy (non-hydrogen) atoms. The van der Waals surface area contributed by atoms with Gasteiger partial charge in [-0.1, -0.05) is 89.1 Å². The fourth-order valence-corrected chi connectivity index (χ4v) is 10.0. The molecule has 0 unspecified atom stereocenters. The van der Waals surface area contributed by atoms with Crippen molar-refractivity contribution in [2.24, 2.45) is 41.2 Å². The number of aliphatic hydroxyl groups excluding tert-OH is 3. The largest absolute Gasteiger partial charge is 0.490 e. The topological polar surface area (TPSA) is 276 Å². The lowest BCUT2D eigenvalue weighted by Crippen LogP contribution is -2.59. The summed E-state index contributed by atoms with van der Waals surface area (Å²) in [6.07, 6.45) is 8.06. The van der Waals surface area contributed by atoms with Crippen LogP contribution in [0.15, 0.2) is 59.4 Å². The molecule has 0 aromatic carbocycles. The second-order valence-electron chi connectivity index (χ2n) is 20.3. The fraction of sp³-hybridized carbons (Fsp3) is 0.717. The van der Waals surface area contributed by atoms with Gasteiger partial charge in [0.2, 0.25) is 5.76 Å². The van der Waals surface area contributed by atoms with Crippen molar-refractivity contribution in [3.05, 3.63) is 59.4 Å². The van der Waals surface area contributed by atoms with Crippen LogP contribution in [0.1, 0.15) is 114 Å². The van der Waals surface area contributed by atoms with Gasteiger partial charge in [0, 0.05) is 62.4 Å². The number of hydrazine groups is 1. The van der Waals surface area contributed by atoms with Crippen LogP contribution in [0.2, 0.25) is 0 Å². The van der Waals surface area contributed by atoms with E-state index in [0.717, 1.165) is 5.57 Å². The van der Waals surface area contributed by atoms with E-state index in [1.54, 1.807) is 58.1 Å². The molecule has 0 saturated carbocycles. The van der Waals surface area contributed by atoms with Crippen molar-refractivity contribution in [3.8, 4) is 12.3 Å². The molecule has 4 heterocycles. The van der Waals surface area contributed by atoms with Gasteiger partial charge < -0.3 is 64.1 Å². The van der Waals surface area contributed by atoms with Crippen LogP contribution in [0.5, 0.6) is 0 Å². The summed E-state index contributed by atoms with van der Waals surface area (Å²) in [5.41, 5.74) is 12.6. The molecule has 3 fully saturated rings. The van der Waals surface area contributed by atoms with Crippen LogP contribution in [0.4, 0.5) is 4.79 Å². The van der Waals surface area contributed by atoms with Crippen LogP contribution in [-0.2, 0) is 47.5 Å². The Hall–Kier alpha value is -4.13. The second-order valence-corrected chi connectivity index (χ2v) is 20.3. The van der Waals surface area contributed by atoms with Gasteiger partial charge in [0.25, 0.3) is 0 Å². The van der Waals surface area contributed by atoms with Crippen LogP contribution in [0.3, 0.4) is 0 Å². The van der Waals surface area contributed by atoms with Crippen molar-refractivity contribution < 1.29 is 72.7 Å². The SMILES string of the molecule is C#CCCC1(CCC(=O)O[C@H]2C[C@@H](O[C@@H]3C[C@](O)([C@@H](C)[C@H](O)[C@H](C)[C@H]4OC(=O)/C(OC)=C/C(C)=C/[C@@H](C)[C@@H](O)[C@@H](C)[C@@H](O)[C@H](C)C/C(C)=C/C=C/[C@@H]4OC)O[C@H](/C=C/C)[C@H]3C)O[C@@H](C)[C@@H]2OC(N)=O)NN1. The Balaban J connectivity index is 1.63. The predicted octanol–water partition coefficient (Wildman–Crippen LogP) is 5.14. The Labute approximate surface area is 420 Å². The van der Waals surface area contributed by atoms with Gasteiger partial charge in [-0.3, -0.25) is 4.79 Å². The molecule has 4 rings (SSSR count). The fourth-order valence-electron chi connectivity index (χ4n) is 10.0. The zero-order chi connectivity index (χ0) is 53.0. The minimum absolute atomic E-state index is 0.0357. The number of hydrogen-bond donors (Lipinski definition) is 7. The number of carbonyl (C=O) groups excluding carboxylic acids is 3. The number of ether oxygens (including phenoxy) is 8. The van der Waals surface area contributed by atoms with Gasteiger partial charge in [-0.05, 0) is 59.0 Å². The Morgan fingerprint density at radius 3 is 2.34 bits per heavy atom. The Morgan fingerprint density at radius 1 is 1.04 bits per heavy atom. The maximum Gasteiger partial charge on any atom is 0.404 e. The summed E-state index contributed by atoms with van der Waals surface area (Å²) in [5.74, 6) is -4.29. The van der Waals surface area contributed by atoms with Crippen molar-refractivity contribution in [1.82, 2.24) is 10.9 Å². The van der Waals surface area contributed by atoms with E-state index in [4.69, 9.17) is 50.1 Å². The standard InChI is InChI=1S/C53H83N3O15/c1-14-16-22-52(55-56-52)23-21-43(57)67-40-27-44(66-37(11)49(40)70-51(54)62)68-42-28-53(63,71-38(18-15-2)33(42)7)36(10)47(60)35(9)48-39(64-12)20-17-19-29(3)24-31(5)45(58)34(8)46(59)32(6)25-30(4)26-41(65-13)50(61)69-48/h1,15,17-20,25-26,31-40,42,44-49,55-56,58-60,63H,16,21-24,27-28H2,2-13H3,(H2,54,62)/b18-15+,20-17+,29-19+,30-25+,41-26-/t31-,32-,33-,34+,35+,36+,37+,38-,39+,40+,42-,44-,45+,46-,47-,48-,49+,53-/m1/s1. The maximum atomic E-state index is 14.0. The molecule has 18 atom stereocenters. The van der Waals surface area contributed by atoms with E-state index in [1.165, 1.54) is 20.3 Å². The first-order valence-corrected chi connectivity index (χ1v) is 25.0. The molecule has 1 amide bonds. The first kappa shape index (κ1) is 59.4. The Kier molecular flexibility index (Phi) is 22.4. The molecule has 4 aliphatic rings. The third-order valence-corrected chi connectivity index (χ3v) is 14.7. The lowest BCUT2D eigenvalue weighted by Gasteiger charge is -2.50. The molecule has 3 saturated heterocycles. The van der Waals surface area contributed by atoms with Crippen molar-refractivity contribution in [1.29, 1.82) is 0 Å². The molecule has 0 aliphatic carbocycles. The number of primary amides is 1. The number of hydrogen-bond acceptors (Lipinski definition) is 17. The molecule has 8 N–H and O–H groups in total. The van der Waals surface area contributed by atoms with Gasteiger partial charge in [0.1, 0.15) is 18.3 Å². The van der Waals surface area contributed by atoms with Gasteiger partial charge in [-0.25, -0.2) is 20.4 Å². The average molecular weight is 1000 g/mol. The molecule has 18 nitrogen and oxygen atoms in total. The molecule has 0 bridgehead atoms. The molecule has 0 spiro atoms. The molecule has 0 aromatic rings. The van der Waals surface area contributed by atoms with Gasteiger partial charge in [0.05, 0.1) is 49.4 Å². The van der Waals surface area contributed by atoms with E-state index in [1.807, 2.05) is 47.6 Å². The molecule has 0 radical (unpaired) electrons. The number of carbonyl (C=O) groups is 3. The van der Waals surface area contributed by atoms with Gasteiger partial charge in [-0.15, -0.1) is 12.3 Å². The molecular weight excluding hydrogens is 919 g/mol. The Bertz CT molecular complexity index is 1980. The monoisotopic (exact) mass is 1000 g/mol. The zero-order valence-corrected chi connectivity index (χ0v) is 43.7. The van der Waals surface area contributed by atoms with E-state index in [2.05, 4.69) is 16.8 Å². The van der Waals surface area contributed by atoms with Crippen LogP contribution in [0, 0.1) is 47.9 Å². The summed E-state index contributed by atoms with van der Waals surface area (Å²) in [5, 5.41) is 47.4. The molecule has 4 aliphatic heterocycles. The summed E-state index contributed by atoms with van der Waals surface area (Å²) in [7, 11) is 2.79. The summed E-state index contributed by atoms with van der Waals surface area (Å²) in [6.45, 7) is 18.0. The quantitative estimate of drug-likeness (QED) is 0.0347. The summed E-state index contributed by atoms with van der Waals surface area (Å²) in [4.78, 5) is 39.3. The lowest BCUT2D eigenvalue weighted by atomic mass is 9.77. The van der Waals surface area contributed by atoms with Crippen LogP contribution in [-0.4, -0.2) is 131 Å². The summed E-state index contributed by atoms with van der Waals surface area (Å²) < 4.78 is 48.3. The van der Waals surface area contributed by atoms with Crippen LogP contribution < -0.4 is 16.6 Å². The highest BCUT2D eigenvalue weighted by Gasteiger charge is 2.53. The van der Waals surface area contributed by atoms with Crippen LogP contribution in [0.25, 0.3) is 0 Å². The highest BCUT2D eigenvalue weighted by Crippen LogP contribution is 2.43. The number of terminal acetylenes is 1. The van der Waals surface area contributed by atoms with Gasteiger partial charge in [0.15, 0.2) is 18.2 Å². The highest BCUT2D eigenvalue weighted by molar-refractivity contribution is 5.87. The van der Waals surface area contributed by atoms with Gasteiger partial charge in [-0.2, -0.15) is 0 Å². The first-order chi connectivity index (χ1) is 33.4. The number of allylic oxidation sites excluding steroid dienone is 6. The smallest absolute Gasteiger partial charge is 0.404 e. The minimum Gasteiger partial charge on any atom is -0.490 e. The number of aliphatic hydroxyl groups is 4. The lowest BCUT2D eigenvalue weighted by molar-refractivity contribution is -0.339. The molecule has 0 aromatic heterocycles. The van der Waals surface area contributed by atoms with E-state index in [0.29, 0.717) is 31.3 Å². The highest BCUT2D eigenvalue weighted by atomic mass is 16.7. The third-order valence-electron chi connectivity index (χ3n) is 14.7. The number of nitrogens with two attached hydrogens (primary N) is 1. The summed E-state index contributed by atoms with van der Waals surface area (Å²) in [6, 6.07) is 0. The number of esters is 2. The normalized spacial score (nSPS) is 39.2. The Morgan fingerprint density at radius 2 is 1.73 bits per heavy atom. The number of methoxy groups -OCH3 is 2. The molecular formula is C53H83N3O15. The summed E-state index contributed by atoms with van der Waals surface area (Å²) >= 11 is 0. The number of amides is 1. The molecule has 18 heteroatoms. The van der Waals surface area contributed by atoms with E-state index < -0.39 is 120 Å². The van der Waals surface area contributed by atoms with E-state index >= 15 is 0 Å². The number of rotatable bonds is 16.